The Morgan fingerprint density at radius 1 is 1.62 bits per heavy atom. The van der Waals surface area contributed by atoms with E-state index in [1.54, 1.807) is 17.1 Å². The maximum absolute atomic E-state index is 8.47. The lowest BCUT2D eigenvalue weighted by molar-refractivity contribution is 0.682. The predicted octanol–water partition coefficient (Wildman–Crippen LogP) is -0.0788. The van der Waals surface area contributed by atoms with Crippen molar-refractivity contribution in [1.29, 1.82) is 5.26 Å². The molecule has 2 rings (SSSR count). The van der Waals surface area contributed by atoms with Gasteiger partial charge in [-0.25, -0.2) is 9.67 Å². The molecule has 0 unspecified atom stereocenters. The molecule has 1 N–H and O–H groups in total. The minimum atomic E-state index is 0.184. The van der Waals surface area contributed by atoms with Gasteiger partial charge in [-0.2, -0.15) is 10.4 Å². The maximum atomic E-state index is 8.47. The zero-order valence-corrected chi connectivity index (χ0v) is 6.68. The van der Waals surface area contributed by atoms with Crippen LogP contribution in [0.2, 0.25) is 0 Å². The van der Waals surface area contributed by atoms with Gasteiger partial charge in [0.2, 0.25) is 0 Å². The molecule has 0 aromatic carbocycles. The number of aromatic amines is 1. The van der Waals surface area contributed by atoms with Crippen LogP contribution in [0.3, 0.4) is 0 Å². The summed E-state index contributed by atoms with van der Waals surface area (Å²) in [5, 5.41) is 18.9. The second-order valence-corrected chi connectivity index (χ2v) is 2.48. The van der Waals surface area contributed by atoms with E-state index in [1.807, 2.05) is 6.07 Å². The van der Waals surface area contributed by atoms with Crippen LogP contribution in [0, 0.1) is 11.3 Å². The van der Waals surface area contributed by atoms with Crippen LogP contribution in [-0.2, 0) is 6.54 Å². The summed E-state index contributed by atoms with van der Waals surface area (Å²) >= 11 is 0. The smallest absolute Gasteiger partial charge is 0.252 e. The number of nitrogens with zero attached hydrogens (tertiary/aromatic N) is 5. The highest BCUT2D eigenvalue weighted by Crippen LogP contribution is 1.97. The minimum absolute atomic E-state index is 0.184. The van der Waals surface area contributed by atoms with Crippen molar-refractivity contribution in [3.63, 3.8) is 0 Å². The van der Waals surface area contributed by atoms with Gasteiger partial charge in [-0.15, -0.1) is 5.10 Å². The van der Waals surface area contributed by atoms with Crippen LogP contribution in [0.5, 0.6) is 0 Å². The monoisotopic (exact) mass is 174 g/mol. The van der Waals surface area contributed by atoms with Crippen LogP contribution in [0.1, 0.15) is 11.4 Å². The molecule has 64 valence electrons. The number of nitrogens with one attached hydrogen (secondary N) is 1. The molecule has 0 saturated heterocycles. The fourth-order valence-electron chi connectivity index (χ4n) is 0.973. The molecule has 0 amide bonds. The van der Waals surface area contributed by atoms with E-state index < -0.39 is 0 Å². The van der Waals surface area contributed by atoms with Crippen molar-refractivity contribution >= 4 is 0 Å². The normalized spacial score (nSPS) is 9.77. The SMILES string of the molecule is N#Cc1ncn(Cc2cn[nH]c2)n1. The lowest BCUT2D eigenvalue weighted by atomic mass is 10.4. The lowest BCUT2D eigenvalue weighted by Crippen LogP contribution is -1.99. The largest absolute Gasteiger partial charge is 0.285 e. The lowest BCUT2D eigenvalue weighted by Gasteiger charge is -1.93. The summed E-state index contributed by atoms with van der Waals surface area (Å²) in [6.45, 7) is 0.575. The molecule has 0 radical (unpaired) electrons. The van der Waals surface area contributed by atoms with Crippen molar-refractivity contribution in [2.75, 3.05) is 0 Å². The van der Waals surface area contributed by atoms with E-state index in [9.17, 15) is 0 Å². The van der Waals surface area contributed by atoms with E-state index >= 15 is 0 Å². The van der Waals surface area contributed by atoms with Gasteiger partial charge in [0, 0.05) is 11.8 Å². The first kappa shape index (κ1) is 7.49. The van der Waals surface area contributed by atoms with Gasteiger partial charge in [-0.3, -0.25) is 5.10 Å². The van der Waals surface area contributed by atoms with E-state index in [0.717, 1.165) is 5.56 Å². The van der Waals surface area contributed by atoms with Gasteiger partial charge < -0.3 is 0 Å². The quantitative estimate of drug-likeness (QED) is 0.690. The molecule has 0 atom stereocenters. The molecule has 2 heterocycles. The average molecular weight is 174 g/mol. The number of hydrogen-bond donors (Lipinski definition) is 1. The van der Waals surface area contributed by atoms with Gasteiger partial charge in [0.25, 0.3) is 5.82 Å². The fraction of sp³-hybridized carbons (Fsp3) is 0.143. The molecule has 0 aliphatic carbocycles. The van der Waals surface area contributed by atoms with E-state index in [4.69, 9.17) is 5.26 Å². The van der Waals surface area contributed by atoms with Crippen LogP contribution in [0.4, 0.5) is 0 Å². The van der Waals surface area contributed by atoms with Crippen molar-refractivity contribution < 1.29 is 0 Å². The van der Waals surface area contributed by atoms with Crippen LogP contribution in [0.25, 0.3) is 0 Å². The second-order valence-electron chi connectivity index (χ2n) is 2.48. The van der Waals surface area contributed by atoms with Gasteiger partial charge in [-0.1, -0.05) is 0 Å². The van der Waals surface area contributed by atoms with Crippen molar-refractivity contribution in [2.24, 2.45) is 0 Å². The third-order valence-electron chi connectivity index (χ3n) is 1.54. The number of nitriles is 1. The summed E-state index contributed by atoms with van der Waals surface area (Å²) in [6, 6.07) is 1.86. The first-order valence-corrected chi connectivity index (χ1v) is 3.65. The van der Waals surface area contributed by atoms with E-state index in [1.165, 1.54) is 6.33 Å². The summed E-state index contributed by atoms with van der Waals surface area (Å²) in [4.78, 5) is 3.78. The Kier molecular flexibility index (Phi) is 1.77. The van der Waals surface area contributed by atoms with E-state index in [2.05, 4.69) is 20.3 Å². The Labute approximate surface area is 73.8 Å². The van der Waals surface area contributed by atoms with Gasteiger partial charge in [-0.05, 0) is 0 Å². The molecular weight excluding hydrogens is 168 g/mol. The van der Waals surface area contributed by atoms with E-state index in [-0.39, 0.29) is 5.82 Å². The predicted molar refractivity (Wildman–Crippen MR) is 42.4 cm³/mol. The van der Waals surface area contributed by atoms with Gasteiger partial charge >= 0.3 is 0 Å². The highest BCUT2D eigenvalue weighted by Gasteiger charge is 1.99. The van der Waals surface area contributed by atoms with Gasteiger partial charge in [0.05, 0.1) is 12.7 Å². The molecule has 2 aromatic rings. The Bertz CT molecular complexity index is 420. The molecule has 2 aromatic heterocycles. The average Bonchev–Trinajstić information content (AvgIpc) is 2.76. The minimum Gasteiger partial charge on any atom is -0.285 e. The van der Waals surface area contributed by atoms with Crippen LogP contribution < -0.4 is 0 Å². The zero-order valence-electron chi connectivity index (χ0n) is 6.68. The van der Waals surface area contributed by atoms with Gasteiger partial charge in [0.1, 0.15) is 12.4 Å². The highest BCUT2D eigenvalue weighted by atomic mass is 15.3. The molecule has 0 saturated carbocycles. The number of aromatic nitrogens is 5. The third kappa shape index (κ3) is 1.54. The standard InChI is InChI=1S/C7H6N6/c8-1-7-9-5-13(12-7)4-6-2-10-11-3-6/h2-3,5H,4H2,(H,10,11). The molecule has 13 heavy (non-hydrogen) atoms. The number of hydrogen-bond acceptors (Lipinski definition) is 4. The van der Waals surface area contributed by atoms with Crippen molar-refractivity contribution in [1.82, 2.24) is 25.0 Å². The molecular formula is C7H6N6. The molecule has 0 spiro atoms. The Morgan fingerprint density at radius 3 is 3.15 bits per heavy atom. The summed E-state index contributed by atoms with van der Waals surface area (Å²) < 4.78 is 1.59. The number of H-pyrrole nitrogens is 1. The third-order valence-corrected chi connectivity index (χ3v) is 1.54. The molecule has 0 fully saturated rings. The van der Waals surface area contributed by atoms with Gasteiger partial charge in [0.15, 0.2) is 0 Å². The van der Waals surface area contributed by atoms with Crippen LogP contribution in [0.15, 0.2) is 18.7 Å². The first-order chi connectivity index (χ1) is 6.38. The van der Waals surface area contributed by atoms with Crippen molar-refractivity contribution in [2.45, 2.75) is 6.54 Å². The zero-order chi connectivity index (χ0) is 9.10. The molecule has 6 nitrogen and oxygen atoms in total. The van der Waals surface area contributed by atoms with Crippen LogP contribution >= 0.6 is 0 Å². The Morgan fingerprint density at radius 2 is 2.54 bits per heavy atom. The Balaban J connectivity index is 2.15. The highest BCUT2D eigenvalue weighted by molar-refractivity contribution is 5.07. The van der Waals surface area contributed by atoms with Crippen molar-refractivity contribution in [3.05, 3.63) is 30.1 Å². The van der Waals surface area contributed by atoms with E-state index in [0.29, 0.717) is 6.54 Å². The fourth-order valence-corrected chi connectivity index (χ4v) is 0.973. The van der Waals surface area contributed by atoms with Crippen LogP contribution in [-0.4, -0.2) is 25.0 Å². The maximum Gasteiger partial charge on any atom is 0.252 e. The molecule has 0 aliphatic rings. The molecule has 6 heteroatoms. The molecule has 0 bridgehead atoms. The summed E-state index contributed by atoms with van der Waals surface area (Å²) in [6.07, 6.45) is 4.99. The summed E-state index contributed by atoms with van der Waals surface area (Å²) in [5.41, 5.74) is 0.995. The Hall–Kier alpha value is -2.16. The summed E-state index contributed by atoms with van der Waals surface area (Å²) in [5.74, 6) is 0.184. The summed E-state index contributed by atoms with van der Waals surface area (Å²) in [7, 11) is 0. The first-order valence-electron chi connectivity index (χ1n) is 3.65. The topological polar surface area (TPSA) is 83.2 Å². The molecule has 0 aliphatic heterocycles. The van der Waals surface area contributed by atoms with Crippen molar-refractivity contribution in [3.8, 4) is 6.07 Å². The second kappa shape index (κ2) is 3.06. The number of rotatable bonds is 2.